The fraction of sp³-hybridized carbons (Fsp3) is 0.667. The van der Waals surface area contributed by atoms with Crippen LogP contribution in [-0.4, -0.2) is 37.1 Å². The second kappa shape index (κ2) is 5.04. The molecular formula is C15H21ClN2O. The molecule has 2 fully saturated rings. The van der Waals surface area contributed by atoms with Crippen molar-refractivity contribution in [2.75, 3.05) is 27.2 Å². The Balaban J connectivity index is 2.07. The fourth-order valence-electron chi connectivity index (χ4n) is 4.22. The second-order valence-corrected chi connectivity index (χ2v) is 6.30. The van der Waals surface area contributed by atoms with Crippen LogP contribution in [0.1, 0.15) is 24.8 Å². The third kappa shape index (κ3) is 2.08. The summed E-state index contributed by atoms with van der Waals surface area (Å²) in [7, 11) is 4.06. The molecule has 3 rings (SSSR count). The molecule has 3 atom stereocenters. The molecule has 0 N–H and O–H groups in total. The highest BCUT2D eigenvalue weighted by Crippen LogP contribution is 2.51. The summed E-state index contributed by atoms with van der Waals surface area (Å²) in [5.41, 5.74) is 1.04. The number of methoxy groups -OCH3 is 1. The zero-order chi connectivity index (χ0) is 13.5. The minimum atomic E-state index is -0.169. The number of nitrogens with zero attached hydrogens (tertiary/aromatic N) is 2. The Kier molecular flexibility index (Phi) is 3.54. The summed E-state index contributed by atoms with van der Waals surface area (Å²) in [6, 6.07) is 4.06. The average molecular weight is 281 g/mol. The first kappa shape index (κ1) is 13.3. The van der Waals surface area contributed by atoms with Crippen LogP contribution in [0, 0.1) is 11.8 Å². The zero-order valence-electron chi connectivity index (χ0n) is 11.6. The van der Waals surface area contributed by atoms with E-state index in [-0.39, 0.29) is 5.60 Å². The van der Waals surface area contributed by atoms with E-state index in [1.165, 1.54) is 24.8 Å². The minimum Gasteiger partial charge on any atom is -0.373 e. The number of hydrogen-bond donors (Lipinski definition) is 0. The standard InChI is InChI=1S/C15H21ClN2O/c1-18-9-12-4-3-5-13(10-18)15(12,19-2)11-6-7-17-14(16)8-11/h6-8,12-13H,3-5,9-10H2,1-2H3/t12-,13+,15?. The molecule has 1 aliphatic heterocycles. The van der Waals surface area contributed by atoms with Crippen molar-refractivity contribution in [1.29, 1.82) is 0 Å². The third-order valence-electron chi connectivity index (χ3n) is 4.90. The Hall–Kier alpha value is -0.640. The molecule has 0 amide bonds. The Bertz CT molecular complexity index is 451. The second-order valence-electron chi connectivity index (χ2n) is 5.91. The highest BCUT2D eigenvalue weighted by atomic mass is 35.5. The summed E-state index contributed by atoms with van der Waals surface area (Å²) in [5, 5.41) is 0.561. The number of fused-ring (bicyclic) bond motifs is 2. The van der Waals surface area contributed by atoms with Gasteiger partial charge in [-0.15, -0.1) is 0 Å². The quantitative estimate of drug-likeness (QED) is 0.779. The van der Waals surface area contributed by atoms with Crippen molar-refractivity contribution in [3.05, 3.63) is 29.0 Å². The van der Waals surface area contributed by atoms with Crippen LogP contribution in [0.3, 0.4) is 0 Å². The van der Waals surface area contributed by atoms with Crippen LogP contribution in [0.5, 0.6) is 0 Å². The molecule has 4 heteroatoms. The molecule has 0 radical (unpaired) electrons. The van der Waals surface area contributed by atoms with Crippen molar-refractivity contribution in [2.45, 2.75) is 24.9 Å². The maximum atomic E-state index is 6.12. The van der Waals surface area contributed by atoms with E-state index in [2.05, 4.69) is 23.0 Å². The first-order valence-electron chi connectivity index (χ1n) is 7.02. The number of piperidine rings is 1. The molecule has 2 heterocycles. The van der Waals surface area contributed by atoms with Gasteiger partial charge >= 0.3 is 0 Å². The van der Waals surface area contributed by atoms with Gasteiger partial charge in [-0.2, -0.15) is 0 Å². The smallest absolute Gasteiger partial charge is 0.129 e. The van der Waals surface area contributed by atoms with E-state index in [9.17, 15) is 0 Å². The normalized spacial score (nSPS) is 35.3. The van der Waals surface area contributed by atoms with Crippen LogP contribution in [-0.2, 0) is 10.3 Å². The van der Waals surface area contributed by atoms with Gasteiger partial charge in [-0.1, -0.05) is 18.0 Å². The van der Waals surface area contributed by atoms with E-state index in [1.807, 2.05) is 13.2 Å². The van der Waals surface area contributed by atoms with Crippen LogP contribution in [0.25, 0.3) is 0 Å². The Labute approximate surface area is 119 Å². The summed E-state index contributed by atoms with van der Waals surface area (Å²) in [5.74, 6) is 1.10. The maximum absolute atomic E-state index is 6.12. The molecule has 2 aliphatic rings. The molecule has 1 unspecified atom stereocenters. The highest BCUT2D eigenvalue weighted by Gasteiger charge is 2.52. The summed E-state index contributed by atoms with van der Waals surface area (Å²) in [4.78, 5) is 6.55. The third-order valence-corrected chi connectivity index (χ3v) is 5.10. The molecule has 3 nitrogen and oxygen atoms in total. The summed E-state index contributed by atoms with van der Waals surface area (Å²) in [6.07, 6.45) is 5.57. The van der Waals surface area contributed by atoms with Gasteiger partial charge in [0.1, 0.15) is 10.8 Å². The maximum Gasteiger partial charge on any atom is 0.129 e. The number of likely N-dealkylation sites (tertiary alicyclic amines) is 1. The molecule has 104 valence electrons. The molecule has 2 bridgehead atoms. The lowest BCUT2D eigenvalue weighted by Gasteiger charge is -2.54. The van der Waals surface area contributed by atoms with Crippen molar-refractivity contribution in [2.24, 2.45) is 11.8 Å². The Morgan fingerprint density at radius 2 is 2.05 bits per heavy atom. The monoisotopic (exact) mass is 280 g/mol. The molecule has 1 aromatic rings. The van der Waals surface area contributed by atoms with Gasteiger partial charge in [0, 0.05) is 38.2 Å². The van der Waals surface area contributed by atoms with Gasteiger partial charge in [0.25, 0.3) is 0 Å². The van der Waals surface area contributed by atoms with E-state index in [1.54, 1.807) is 6.20 Å². The van der Waals surface area contributed by atoms with Gasteiger partial charge in [-0.3, -0.25) is 0 Å². The van der Waals surface area contributed by atoms with E-state index in [0.717, 1.165) is 13.1 Å². The number of rotatable bonds is 2. The van der Waals surface area contributed by atoms with Crippen molar-refractivity contribution >= 4 is 11.6 Å². The topological polar surface area (TPSA) is 25.4 Å². The molecule has 19 heavy (non-hydrogen) atoms. The molecular weight excluding hydrogens is 260 g/mol. The lowest BCUT2D eigenvalue weighted by Crippen LogP contribution is -2.58. The fourth-order valence-corrected chi connectivity index (χ4v) is 4.40. The molecule has 1 saturated heterocycles. The van der Waals surface area contributed by atoms with E-state index >= 15 is 0 Å². The number of pyridine rings is 1. The lowest BCUT2D eigenvalue weighted by atomic mass is 9.62. The Morgan fingerprint density at radius 3 is 2.63 bits per heavy atom. The minimum absolute atomic E-state index is 0.169. The Morgan fingerprint density at radius 1 is 1.37 bits per heavy atom. The van der Waals surface area contributed by atoms with Gasteiger partial charge in [0.2, 0.25) is 0 Å². The van der Waals surface area contributed by atoms with Crippen LogP contribution in [0.2, 0.25) is 5.15 Å². The number of hydrogen-bond acceptors (Lipinski definition) is 3. The largest absolute Gasteiger partial charge is 0.373 e. The van der Waals surface area contributed by atoms with Crippen molar-refractivity contribution in [1.82, 2.24) is 9.88 Å². The number of aromatic nitrogens is 1. The van der Waals surface area contributed by atoms with Crippen LogP contribution < -0.4 is 0 Å². The lowest BCUT2D eigenvalue weighted by molar-refractivity contribution is -0.165. The predicted octanol–water partition coefficient (Wildman–Crippen LogP) is 2.94. The SMILES string of the molecule is COC1(c2ccnc(Cl)c2)[C@@H]2CCC[C@H]1CN(C)C2. The van der Waals surface area contributed by atoms with Crippen LogP contribution >= 0.6 is 11.6 Å². The highest BCUT2D eigenvalue weighted by molar-refractivity contribution is 6.29. The average Bonchev–Trinajstić information content (AvgIpc) is 2.38. The molecule has 1 aromatic heterocycles. The molecule has 0 spiro atoms. The predicted molar refractivity (Wildman–Crippen MR) is 76.3 cm³/mol. The van der Waals surface area contributed by atoms with E-state index < -0.39 is 0 Å². The molecule has 0 aromatic carbocycles. The van der Waals surface area contributed by atoms with Crippen molar-refractivity contribution in [3.63, 3.8) is 0 Å². The summed E-state index contributed by atoms with van der Waals surface area (Å²) >= 11 is 6.09. The van der Waals surface area contributed by atoms with Gasteiger partial charge in [0.05, 0.1) is 0 Å². The summed E-state index contributed by atoms with van der Waals surface area (Å²) < 4.78 is 6.12. The van der Waals surface area contributed by atoms with Gasteiger partial charge in [-0.05, 0) is 37.6 Å². The van der Waals surface area contributed by atoms with Gasteiger partial charge in [0.15, 0.2) is 0 Å². The van der Waals surface area contributed by atoms with Crippen LogP contribution in [0.15, 0.2) is 18.3 Å². The van der Waals surface area contributed by atoms with Crippen LogP contribution in [0.4, 0.5) is 0 Å². The number of halogens is 1. The molecule has 1 aliphatic carbocycles. The zero-order valence-corrected chi connectivity index (χ0v) is 12.4. The van der Waals surface area contributed by atoms with E-state index in [0.29, 0.717) is 17.0 Å². The van der Waals surface area contributed by atoms with Crippen molar-refractivity contribution in [3.8, 4) is 0 Å². The molecule has 1 saturated carbocycles. The van der Waals surface area contributed by atoms with E-state index in [4.69, 9.17) is 16.3 Å². The van der Waals surface area contributed by atoms with Gasteiger partial charge < -0.3 is 9.64 Å². The first-order valence-corrected chi connectivity index (χ1v) is 7.40. The number of ether oxygens (including phenoxy) is 1. The van der Waals surface area contributed by atoms with Gasteiger partial charge in [-0.25, -0.2) is 4.98 Å². The first-order chi connectivity index (χ1) is 9.16. The van der Waals surface area contributed by atoms with Crippen molar-refractivity contribution < 1.29 is 4.74 Å². The summed E-state index contributed by atoms with van der Waals surface area (Å²) in [6.45, 7) is 2.20.